The van der Waals surface area contributed by atoms with Gasteiger partial charge in [-0.05, 0) is 50.8 Å². The first-order valence-electron chi connectivity index (χ1n) is 10.9. The maximum absolute atomic E-state index is 13.5. The van der Waals surface area contributed by atoms with Gasteiger partial charge < -0.3 is 19.4 Å². The first-order chi connectivity index (χ1) is 15.4. The van der Waals surface area contributed by atoms with E-state index in [0.717, 1.165) is 12.1 Å². The molecule has 1 fully saturated rings. The monoisotopic (exact) mass is 434 g/mol. The van der Waals surface area contributed by atoms with E-state index < -0.39 is 5.92 Å². The number of benzene rings is 2. The number of carbonyl (C=O) groups is 2. The molecule has 0 bridgehead atoms. The zero-order chi connectivity index (χ0) is 23.1. The Morgan fingerprint density at radius 1 is 1.16 bits per heavy atom. The number of nitriles is 1. The third kappa shape index (κ3) is 5.65. The van der Waals surface area contributed by atoms with Crippen LogP contribution in [0.1, 0.15) is 24.5 Å². The Labute approximate surface area is 189 Å². The normalized spacial score (nSPS) is 15.7. The molecule has 1 unspecified atom stereocenters. The molecule has 7 heteroatoms. The third-order valence-corrected chi connectivity index (χ3v) is 5.52. The summed E-state index contributed by atoms with van der Waals surface area (Å²) in [5.74, 6) is 0.151. The third-order valence-electron chi connectivity index (χ3n) is 5.52. The Hall–Kier alpha value is -3.37. The van der Waals surface area contributed by atoms with Crippen molar-refractivity contribution in [2.24, 2.45) is 5.92 Å². The molecule has 1 aliphatic rings. The van der Waals surface area contributed by atoms with E-state index in [-0.39, 0.29) is 18.2 Å². The van der Waals surface area contributed by atoms with Crippen LogP contribution in [0.25, 0.3) is 0 Å². The summed E-state index contributed by atoms with van der Waals surface area (Å²) in [6, 6.07) is 16.8. The van der Waals surface area contributed by atoms with Crippen molar-refractivity contribution < 1.29 is 14.3 Å². The van der Waals surface area contributed by atoms with Crippen LogP contribution in [0.4, 0.5) is 5.69 Å². The molecular weight excluding hydrogens is 404 g/mol. The zero-order valence-electron chi connectivity index (χ0n) is 19.0. The predicted octanol–water partition coefficient (Wildman–Crippen LogP) is 2.90. The summed E-state index contributed by atoms with van der Waals surface area (Å²) in [7, 11) is 3.94. The van der Waals surface area contributed by atoms with Gasteiger partial charge in [0.05, 0.1) is 29.8 Å². The molecular formula is C25H30N4O3. The van der Waals surface area contributed by atoms with Crippen molar-refractivity contribution in [3.63, 3.8) is 0 Å². The SMILES string of the molecule is CCOc1ccccc1N1CC(C(=O)N(CCN(C)C)Cc2ccc(C#N)cc2)CC1=O. The van der Waals surface area contributed by atoms with Gasteiger partial charge in [0, 0.05) is 32.6 Å². The summed E-state index contributed by atoms with van der Waals surface area (Å²) in [6.07, 6.45) is 0.186. The highest BCUT2D eigenvalue weighted by atomic mass is 16.5. The van der Waals surface area contributed by atoms with E-state index in [9.17, 15) is 9.59 Å². The van der Waals surface area contributed by atoms with Gasteiger partial charge in [-0.1, -0.05) is 24.3 Å². The van der Waals surface area contributed by atoms with Gasteiger partial charge in [0.15, 0.2) is 0 Å². The van der Waals surface area contributed by atoms with Crippen LogP contribution >= 0.6 is 0 Å². The Balaban J connectivity index is 1.77. The van der Waals surface area contributed by atoms with Gasteiger partial charge in [-0.2, -0.15) is 5.26 Å². The number of anilines is 1. The number of amides is 2. The Kier molecular flexibility index (Phi) is 7.85. The smallest absolute Gasteiger partial charge is 0.228 e. The molecule has 0 radical (unpaired) electrons. The second kappa shape index (κ2) is 10.8. The van der Waals surface area contributed by atoms with Crippen LogP contribution in [-0.4, -0.2) is 62.0 Å². The second-order valence-corrected chi connectivity index (χ2v) is 8.18. The van der Waals surface area contributed by atoms with E-state index in [4.69, 9.17) is 10.00 Å². The minimum absolute atomic E-state index is 0.0269. The molecule has 7 nitrogen and oxygen atoms in total. The van der Waals surface area contributed by atoms with Crippen molar-refractivity contribution in [2.75, 3.05) is 45.2 Å². The van der Waals surface area contributed by atoms with Crippen LogP contribution in [0.2, 0.25) is 0 Å². The molecule has 0 aromatic heterocycles. The minimum atomic E-state index is -0.405. The van der Waals surface area contributed by atoms with Crippen LogP contribution in [0.15, 0.2) is 48.5 Å². The standard InChI is InChI=1S/C25H30N4O3/c1-4-32-23-8-6-5-7-22(23)29-18-21(15-24(29)30)25(31)28(14-13-27(2)3)17-20-11-9-19(16-26)10-12-20/h5-12,21H,4,13-15,17-18H2,1-3H3. The molecule has 2 aromatic rings. The lowest BCUT2D eigenvalue weighted by Gasteiger charge is -2.27. The molecule has 1 atom stereocenters. The molecule has 168 valence electrons. The number of nitrogens with zero attached hydrogens (tertiary/aromatic N) is 4. The fourth-order valence-corrected chi connectivity index (χ4v) is 3.81. The maximum Gasteiger partial charge on any atom is 0.228 e. The average Bonchev–Trinajstić information content (AvgIpc) is 3.18. The molecule has 1 aliphatic heterocycles. The molecule has 0 aliphatic carbocycles. The molecule has 32 heavy (non-hydrogen) atoms. The van der Waals surface area contributed by atoms with Gasteiger partial charge in [-0.3, -0.25) is 9.59 Å². The first-order valence-corrected chi connectivity index (χ1v) is 10.9. The van der Waals surface area contributed by atoms with Gasteiger partial charge in [-0.25, -0.2) is 0 Å². The fourth-order valence-electron chi connectivity index (χ4n) is 3.81. The number of ether oxygens (including phenoxy) is 1. The van der Waals surface area contributed by atoms with E-state index in [0.29, 0.717) is 43.2 Å². The van der Waals surface area contributed by atoms with Gasteiger partial charge >= 0.3 is 0 Å². The van der Waals surface area contributed by atoms with E-state index >= 15 is 0 Å². The Bertz CT molecular complexity index is 981. The summed E-state index contributed by atoms with van der Waals surface area (Å²) in [5.41, 5.74) is 2.26. The number of rotatable bonds is 9. The van der Waals surface area contributed by atoms with Gasteiger partial charge in [0.2, 0.25) is 11.8 Å². The van der Waals surface area contributed by atoms with Gasteiger partial charge in [0.1, 0.15) is 5.75 Å². The van der Waals surface area contributed by atoms with E-state index in [1.54, 1.807) is 17.0 Å². The lowest BCUT2D eigenvalue weighted by atomic mass is 10.1. The van der Waals surface area contributed by atoms with Crippen LogP contribution in [0, 0.1) is 17.2 Å². The molecule has 2 amide bonds. The van der Waals surface area contributed by atoms with Crippen molar-refractivity contribution in [3.05, 3.63) is 59.7 Å². The highest BCUT2D eigenvalue weighted by Gasteiger charge is 2.38. The Morgan fingerprint density at radius 2 is 1.88 bits per heavy atom. The highest BCUT2D eigenvalue weighted by molar-refractivity contribution is 6.01. The Morgan fingerprint density at radius 3 is 2.53 bits per heavy atom. The van der Waals surface area contributed by atoms with Crippen LogP contribution < -0.4 is 9.64 Å². The fraction of sp³-hybridized carbons (Fsp3) is 0.400. The van der Waals surface area contributed by atoms with E-state index in [2.05, 4.69) is 6.07 Å². The lowest BCUT2D eigenvalue weighted by Crippen LogP contribution is -2.40. The van der Waals surface area contributed by atoms with Crippen molar-refractivity contribution in [2.45, 2.75) is 19.9 Å². The lowest BCUT2D eigenvalue weighted by molar-refractivity contribution is -0.136. The number of hydrogen-bond donors (Lipinski definition) is 0. The minimum Gasteiger partial charge on any atom is -0.492 e. The number of para-hydroxylation sites is 2. The second-order valence-electron chi connectivity index (χ2n) is 8.18. The van der Waals surface area contributed by atoms with E-state index in [1.807, 2.05) is 67.2 Å². The first kappa shape index (κ1) is 23.3. The molecule has 2 aromatic carbocycles. The molecule has 1 heterocycles. The summed E-state index contributed by atoms with van der Waals surface area (Å²) in [4.78, 5) is 31.8. The molecule has 3 rings (SSSR count). The maximum atomic E-state index is 13.5. The quantitative estimate of drug-likeness (QED) is 0.607. The average molecular weight is 435 g/mol. The van der Waals surface area contributed by atoms with Crippen LogP contribution in [0.5, 0.6) is 5.75 Å². The molecule has 0 saturated carbocycles. The van der Waals surface area contributed by atoms with Crippen molar-refractivity contribution in [1.82, 2.24) is 9.80 Å². The summed E-state index contributed by atoms with van der Waals surface area (Å²) in [5, 5.41) is 9.02. The largest absolute Gasteiger partial charge is 0.492 e. The van der Waals surface area contributed by atoms with Crippen molar-refractivity contribution in [3.8, 4) is 11.8 Å². The summed E-state index contributed by atoms with van der Waals surface area (Å²) >= 11 is 0. The summed E-state index contributed by atoms with van der Waals surface area (Å²) in [6.45, 7) is 4.48. The van der Waals surface area contributed by atoms with E-state index in [1.165, 1.54) is 0 Å². The van der Waals surface area contributed by atoms with Gasteiger partial charge in [0.25, 0.3) is 0 Å². The summed E-state index contributed by atoms with van der Waals surface area (Å²) < 4.78 is 5.69. The van der Waals surface area contributed by atoms with Crippen molar-refractivity contribution in [1.29, 1.82) is 5.26 Å². The molecule has 1 saturated heterocycles. The number of hydrogen-bond acceptors (Lipinski definition) is 5. The van der Waals surface area contributed by atoms with Crippen LogP contribution in [0.3, 0.4) is 0 Å². The molecule has 0 N–H and O–H groups in total. The predicted molar refractivity (Wildman–Crippen MR) is 123 cm³/mol. The van der Waals surface area contributed by atoms with Gasteiger partial charge in [-0.15, -0.1) is 0 Å². The molecule has 0 spiro atoms. The topological polar surface area (TPSA) is 76.9 Å². The van der Waals surface area contributed by atoms with Crippen molar-refractivity contribution >= 4 is 17.5 Å². The zero-order valence-corrected chi connectivity index (χ0v) is 19.0. The van der Waals surface area contributed by atoms with Crippen LogP contribution in [-0.2, 0) is 16.1 Å². The number of carbonyl (C=O) groups excluding carboxylic acids is 2. The number of likely N-dealkylation sites (N-methyl/N-ethyl adjacent to an activating group) is 1. The highest BCUT2D eigenvalue weighted by Crippen LogP contribution is 2.33.